The molecule has 3 aromatic rings. The highest BCUT2D eigenvalue weighted by Gasteiger charge is 2.13. The van der Waals surface area contributed by atoms with Gasteiger partial charge in [-0.25, -0.2) is 14.6 Å². The summed E-state index contributed by atoms with van der Waals surface area (Å²) in [6.45, 7) is 8.14. The summed E-state index contributed by atoms with van der Waals surface area (Å²) in [5.41, 5.74) is 2.56. The van der Waals surface area contributed by atoms with Gasteiger partial charge >= 0.3 is 0 Å². The van der Waals surface area contributed by atoms with Crippen LogP contribution < -0.4 is 10.6 Å². The zero-order valence-corrected chi connectivity index (χ0v) is 17.5. The van der Waals surface area contributed by atoms with Crippen molar-refractivity contribution in [2.24, 2.45) is 5.92 Å². The lowest BCUT2D eigenvalue weighted by Crippen LogP contribution is -2.27. The van der Waals surface area contributed by atoms with Crippen molar-refractivity contribution < 1.29 is 4.79 Å². The van der Waals surface area contributed by atoms with Crippen molar-refractivity contribution in [3.63, 3.8) is 0 Å². The zero-order chi connectivity index (χ0) is 20.1. The van der Waals surface area contributed by atoms with E-state index in [0.717, 1.165) is 29.0 Å². The standard InChI is InChI=1S/C20H26N6OS/c1-13(2)11-22-17-16-12-23-26(18(16)25-20(24-17)28-4)10-9-21-19(27)15-7-5-14(3)6-8-15/h5-8,12-13H,9-11H2,1-4H3,(H,21,27)(H,22,24,25). The first-order valence-corrected chi connectivity index (χ1v) is 10.6. The van der Waals surface area contributed by atoms with Gasteiger partial charge in [0.15, 0.2) is 10.8 Å². The summed E-state index contributed by atoms with van der Waals surface area (Å²) in [4.78, 5) is 21.5. The summed E-state index contributed by atoms with van der Waals surface area (Å²) in [5, 5.41) is 12.4. The lowest BCUT2D eigenvalue weighted by atomic mass is 10.1. The Morgan fingerprint density at radius 3 is 2.64 bits per heavy atom. The molecular weight excluding hydrogens is 372 g/mol. The van der Waals surface area contributed by atoms with Crippen LogP contribution in [0.25, 0.3) is 11.0 Å². The van der Waals surface area contributed by atoms with E-state index in [1.807, 2.05) is 42.1 Å². The predicted octanol–water partition coefficient (Wildman–Crippen LogP) is 3.35. The summed E-state index contributed by atoms with van der Waals surface area (Å²) >= 11 is 1.50. The molecule has 0 aliphatic heterocycles. The maximum Gasteiger partial charge on any atom is 0.251 e. The number of anilines is 1. The van der Waals surface area contributed by atoms with E-state index < -0.39 is 0 Å². The van der Waals surface area contributed by atoms with Crippen molar-refractivity contribution in [1.29, 1.82) is 0 Å². The Morgan fingerprint density at radius 1 is 1.21 bits per heavy atom. The minimum Gasteiger partial charge on any atom is -0.369 e. The first-order chi connectivity index (χ1) is 13.5. The second kappa shape index (κ2) is 9.05. The number of nitrogens with zero attached hydrogens (tertiary/aromatic N) is 4. The molecule has 7 nitrogen and oxygen atoms in total. The van der Waals surface area contributed by atoms with Gasteiger partial charge in [-0.3, -0.25) is 4.79 Å². The lowest BCUT2D eigenvalue weighted by Gasteiger charge is -2.11. The average molecular weight is 399 g/mol. The van der Waals surface area contributed by atoms with Crippen LogP contribution in [0.15, 0.2) is 35.6 Å². The highest BCUT2D eigenvalue weighted by molar-refractivity contribution is 7.98. The molecular formula is C20H26N6OS. The molecule has 1 aromatic carbocycles. The Balaban J connectivity index is 1.71. The van der Waals surface area contributed by atoms with Gasteiger partial charge < -0.3 is 10.6 Å². The van der Waals surface area contributed by atoms with E-state index in [2.05, 4.69) is 39.5 Å². The number of hydrogen-bond donors (Lipinski definition) is 2. The molecule has 0 bridgehead atoms. The summed E-state index contributed by atoms with van der Waals surface area (Å²) in [5.74, 6) is 1.22. The molecule has 2 aromatic heterocycles. The van der Waals surface area contributed by atoms with Crippen LogP contribution in [0.5, 0.6) is 0 Å². The van der Waals surface area contributed by atoms with E-state index in [9.17, 15) is 4.79 Å². The van der Waals surface area contributed by atoms with Gasteiger partial charge in [-0.15, -0.1) is 0 Å². The van der Waals surface area contributed by atoms with Crippen molar-refractivity contribution in [2.75, 3.05) is 24.7 Å². The molecule has 0 fully saturated rings. The maximum absolute atomic E-state index is 12.3. The first-order valence-electron chi connectivity index (χ1n) is 9.34. The van der Waals surface area contributed by atoms with Crippen molar-refractivity contribution in [3.05, 3.63) is 41.6 Å². The number of amides is 1. The number of aromatic nitrogens is 4. The number of carbonyl (C=O) groups excluding carboxylic acids is 1. The molecule has 0 unspecified atom stereocenters. The second-order valence-electron chi connectivity index (χ2n) is 7.06. The molecule has 0 saturated heterocycles. The Kier molecular flexibility index (Phi) is 6.51. The van der Waals surface area contributed by atoms with E-state index in [-0.39, 0.29) is 5.91 Å². The minimum absolute atomic E-state index is 0.0878. The molecule has 0 radical (unpaired) electrons. The molecule has 0 saturated carbocycles. The molecule has 0 aliphatic carbocycles. The molecule has 0 spiro atoms. The third kappa shape index (κ3) is 4.81. The average Bonchev–Trinajstić information content (AvgIpc) is 3.09. The topological polar surface area (TPSA) is 84.7 Å². The molecule has 1 amide bonds. The van der Waals surface area contributed by atoms with E-state index in [1.54, 1.807) is 6.20 Å². The van der Waals surface area contributed by atoms with Crippen LogP contribution in [0.4, 0.5) is 5.82 Å². The van der Waals surface area contributed by atoms with Crippen molar-refractivity contribution >= 4 is 34.5 Å². The number of benzene rings is 1. The van der Waals surface area contributed by atoms with Crippen molar-refractivity contribution in [2.45, 2.75) is 32.5 Å². The van der Waals surface area contributed by atoms with Gasteiger partial charge in [-0.05, 0) is 31.2 Å². The smallest absolute Gasteiger partial charge is 0.251 e. The number of nitrogens with one attached hydrogen (secondary N) is 2. The van der Waals surface area contributed by atoms with E-state index in [1.165, 1.54) is 11.8 Å². The molecule has 2 N–H and O–H groups in total. The van der Waals surface area contributed by atoms with Gasteiger partial charge in [-0.1, -0.05) is 43.3 Å². The summed E-state index contributed by atoms with van der Waals surface area (Å²) in [6, 6.07) is 7.53. The van der Waals surface area contributed by atoms with Crippen LogP contribution in [-0.2, 0) is 6.54 Å². The third-order valence-electron chi connectivity index (χ3n) is 4.26. The van der Waals surface area contributed by atoms with Crippen molar-refractivity contribution in [3.8, 4) is 0 Å². The van der Waals surface area contributed by atoms with Crippen LogP contribution in [-0.4, -0.2) is 45.0 Å². The van der Waals surface area contributed by atoms with Gasteiger partial charge in [0, 0.05) is 18.7 Å². The summed E-state index contributed by atoms with van der Waals surface area (Å²) in [6.07, 6.45) is 3.74. The van der Waals surface area contributed by atoms with E-state index in [4.69, 9.17) is 0 Å². The number of hydrogen-bond acceptors (Lipinski definition) is 6. The van der Waals surface area contributed by atoms with Gasteiger partial charge in [0.2, 0.25) is 0 Å². The third-order valence-corrected chi connectivity index (χ3v) is 4.81. The van der Waals surface area contributed by atoms with E-state index >= 15 is 0 Å². The van der Waals surface area contributed by atoms with Crippen LogP contribution in [0.2, 0.25) is 0 Å². The van der Waals surface area contributed by atoms with Crippen molar-refractivity contribution in [1.82, 2.24) is 25.1 Å². The molecule has 28 heavy (non-hydrogen) atoms. The predicted molar refractivity (Wildman–Crippen MR) is 114 cm³/mol. The van der Waals surface area contributed by atoms with E-state index in [0.29, 0.717) is 29.7 Å². The molecule has 0 aliphatic rings. The van der Waals surface area contributed by atoms with Crippen LogP contribution >= 0.6 is 11.8 Å². The zero-order valence-electron chi connectivity index (χ0n) is 16.7. The van der Waals surface area contributed by atoms with Crippen LogP contribution in [0.3, 0.4) is 0 Å². The largest absolute Gasteiger partial charge is 0.369 e. The van der Waals surface area contributed by atoms with Gasteiger partial charge in [-0.2, -0.15) is 5.10 Å². The monoisotopic (exact) mass is 398 g/mol. The minimum atomic E-state index is -0.0878. The molecule has 8 heteroatoms. The normalized spacial score (nSPS) is 11.2. The Bertz CT molecular complexity index is 951. The Hall–Kier alpha value is -2.61. The number of rotatable bonds is 8. The van der Waals surface area contributed by atoms with Crippen LogP contribution in [0.1, 0.15) is 29.8 Å². The highest BCUT2D eigenvalue weighted by atomic mass is 32.2. The molecule has 3 rings (SSSR count). The Labute approximate surface area is 169 Å². The van der Waals surface area contributed by atoms with Gasteiger partial charge in [0.1, 0.15) is 5.82 Å². The molecule has 2 heterocycles. The first kappa shape index (κ1) is 20.1. The Morgan fingerprint density at radius 2 is 1.96 bits per heavy atom. The highest BCUT2D eigenvalue weighted by Crippen LogP contribution is 2.23. The SMILES string of the molecule is CSc1nc(NCC(C)C)c2cnn(CCNC(=O)c3ccc(C)cc3)c2n1. The van der Waals surface area contributed by atoms with Crippen LogP contribution in [0, 0.1) is 12.8 Å². The fourth-order valence-electron chi connectivity index (χ4n) is 2.71. The number of fused-ring (bicyclic) bond motifs is 1. The van der Waals surface area contributed by atoms with Gasteiger partial charge in [0.05, 0.1) is 18.1 Å². The maximum atomic E-state index is 12.3. The molecule has 148 valence electrons. The fourth-order valence-corrected chi connectivity index (χ4v) is 3.07. The lowest BCUT2D eigenvalue weighted by molar-refractivity contribution is 0.0952. The second-order valence-corrected chi connectivity index (χ2v) is 7.83. The van der Waals surface area contributed by atoms with Gasteiger partial charge in [0.25, 0.3) is 5.91 Å². The number of thioether (sulfide) groups is 1. The number of carbonyl (C=O) groups is 1. The molecule has 0 atom stereocenters. The summed E-state index contributed by atoms with van der Waals surface area (Å²) in [7, 11) is 0. The quantitative estimate of drug-likeness (QED) is 0.447. The summed E-state index contributed by atoms with van der Waals surface area (Å²) < 4.78 is 1.81. The fraction of sp³-hybridized carbons (Fsp3) is 0.400. The number of aryl methyl sites for hydroxylation is 1.